The van der Waals surface area contributed by atoms with E-state index in [0.717, 1.165) is 55.6 Å². The van der Waals surface area contributed by atoms with Crippen LogP contribution in [0.15, 0.2) is 78.9 Å². The topological polar surface area (TPSA) is 65.1 Å². The van der Waals surface area contributed by atoms with Gasteiger partial charge in [0.2, 0.25) is 0 Å². The Balaban J connectivity index is 0.00000232. The molecule has 7 nitrogen and oxygen atoms in total. The van der Waals surface area contributed by atoms with E-state index in [1.165, 1.54) is 0 Å². The predicted octanol–water partition coefficient (Wildman–Crippen LogP) is 8.55. The van der Waals surface area contributed by atoms with Gasteiger partial charge in [0.25, 0.3) is 0 Å². The van der Waals surface area contributed by atoms with Crippen LogP contribution in [0.5, 0.6) is 11.5 Å². The van der Waals surface area contributed by atoms with E-state index in [-0.39, 0.29) is 11.9 Å². The van der Waals surface area contributed by atoms with E-state index in [4.69, 9.17) is 14.2 Å². The van der Waals surface area contributed by atoms with E-state index in [2.05, 4.69) is 0 Å². The smallest absolute Gasteiger partial charge is 0.362 e. The summed E-state index contributed by atoms with van der Waals surface area (Å²) < 4.78 is 17.2. The van der Waals surface area contributed by atoms with Crippen LogP contribution in [0.3, 0.4) is 0 Å². The number of likely N-dealkylation sites (N-methyl/N-ethyl adjacent to an activating group) is 1. The Kier molecular flexibility index (Phi) is 18.9. The van der Waals surface area contributed by atoms with Crippen LogP contribution < -0.4 is 18.9 Å². The zero-order chi connectivity index (χ0) is 32.8. The van der Waals surface area contributed by atoms with Crippen molar-refractivity contribution in [2.75, 3.05) is 52.8 Å². The molecule has 0 aliphatic carbocycles. The Morgan fingerprint density at radius 3 is 1.75 bits per heavy atom. The van der Waals surface area contributed by atoms with Crippen LogP contribution in [0.1, 0.15) is 76.6 Å². The average Bonchev–Trinajstić information content (AvgIpc) is 3.05. The van der Waals surface area contributed by atoms with Crippen molar-refractivity contribution in [2.24, 2.45) is 0 Å². The maximum absolute atomic E-state index is 12.4. The van der Waals surface area contributed by atoms with Crippen molar-refractivity contribution in [2.45, 2.75) is 66.2 Å². The molecule has 0 N–H and O–H groups in total. The summed E-state index contributed by atoms with van der Waals surface area (Å²) in [4.78, 5) is 26.6. The number of hydrogen-bond acceptors (Lipinski definition) is 6. The largest absolute Gasteiger partial charge is 0.494 e. The minimum Gasteiger partial charge on any atom is -0.494 e. The van der Waals surface area contributed by atoms with Gasteiger partial charge in [0.15, 0.2) is 6.54 Å². The second-order valence-corrected chi connectivity index (χ2v) is 10.7. The molecule has 44 heavy (non-hydrogen) atoms. The van der Waals surface area contributed by atoms with Gasteiger partial charge in [0.1, 0.15) is 17.2 Å². The van der Waals surface area contributed by atoms with Crippen LogP contribution in [0.2, 0.25) is 0 Å². The van der Waals surface area contributed by atoms with Gasteiger partial charge in [-0.05, 0) is 73.5 Å². The first-order valence-corrected chi connectivity index (χ1v) is 16.0. The number of unbranched alkanes of at least 4 members (excludes halogenated alkanes) is 5. The molecule has 0 spiro atoms. The lowest BCUT2D eigenvalue weighted by atomic mass is 10.1. The first-order chi connectivity index (χ1) is 21.2. The summed E-state index contributed by atoms with van der Waals surface area (Å²) in [6, 6.07) is 24.4. The van der Waals surface area contributed by atoms with E-state index in [9.17, 15) is 9.59 Å². The lowest BCUT2D eigenvalue weighted by Crippen LogP contribution is -2.45. The number of benzene rings is 3. The molecule has 0 radical (unpaired) electrons. The first-order valence-electron chi connectivity index (χ1n) is 16.0. The molecule has 3 aromatic carbocycles. The zero-order valence-corrected chi connectivity index (χ0v) is 28.3. The molecule has 242 valence electrons. The summed E-state index contributed by atoms with van der Waals surface area (Å²) in [5.74, 6) is 0.695. The van der Waals surface area contributed by atoms with Crippen molar-refractivity contribution in [3.05, 3.63) is 84.4 Å². The summed E-state index contributed by atoms with van der Waals surface area (Å²) in [5, 5.41) is 0. The van der Waals surface area contributed by atoms with Gasteiger partial charge in [-0.3, -0.25) is 4.48 Å². The quantitative estimate of drug-likeness (QED) is 0.0704. The van der Waals surface area contributed by atoms with Crippen LogP contribution in [0, 0.1) is 0 Å². The van der Waals surface area contributed by atoms with Crippen LogP contribution in [-0.4, -0.2) is 59.9 Å². The number of para-hydroxylation sites is 1. The minimum absolute atomic E-state index is 0.160. The van der Waals surface area contributed by atoms with Gasteiger partial charge in [-0.1, -0.05) is 71.6 Å². The molecule has 0 bridgehead atoms. The predicted molar refractivity (Wildman–Crippen MR) is 184 cm³/mol. The summed E-state index contributed by atoms with van der Waals surface area (Å²) in [7, 11) is 7.93. The Hall–Kier alpha value is -3.84. The summed E-state index contributed by atoms with van der Waals surface area (Å²) in [6.45, 7) is 9.44. The fraction of sp³-hybridized carbons (Fsp3) is 0.459. The number of quaternary nitrogens is 1. The van der Waals surface area contributed by atoms with Crippen molar-refractivity contribution in [1.29, 1.82) is 0 Å². The van der Waals surface area contributed by atoms with Crippen LogP contribution >= 0.6 is 0 Å². The second kappa shape index (κ2) is 21.8. The molecule has 0 fully saturated rings. The number of rotatable bonds is 16. The normalized spacial score (nSPS) is 10.4. The molecule has 0 atom stereocenters. The molecule has 0 saturated heterocycles. The molecule has 0 heterocycles. The number of carbonyl (C=O) groups is 2. The number of hydrogen-bond donors (Lipinski definition) is 0. The maximum atomic E-state index is 12.4. The molecule has 7 heteroatoms. The molecule has 0 amide bonds. The Bertz CT molecular complexity index is 1180. The Morgan fingerprint density at radius 2 is 1.18 bits per heavy atom. The average molecular weight is 608 g/mol. The van der Waals surface area contributed by atoms with Crippen LogP contribution in [0.25, 0.3) is 0 Å². The van der Waals surface area contributed by atoms with Gasteiger partial charge in [-0.25, -0.2) is 9.59 Å². The summed E-state index contributed by atoms with van der Waals surface area (Å²) >= 11 is 0. The second-order valence-electron chi connectivity index (χ2n) is 10.7. The lowest BCUT2D eigenvalue weighted by Gasteiger charge is -2.27. The van der Waals surface area contributed by atoms with Crippen LogP contribution in [-0.2, 0) is 9.53 Å². The maximum Gasteiger partial charge on any atom is 0.362 e. The Labute approximate surface area is 266 Å². The van der Waals surface area contributed by atoms with E-state index in [1.807, 2.05) is 115 Å². The number of anilines is 1. The molecular weight excluding hydrogens is 552 g/mol. The van der Waals surface area contributed by atoms with Crippen molar-refractivity contribution in [1.82, 2.24) is 4.48 Å². The van der Waals surface area contributed by atoms with Crippen molar-refractivity contribution in [3.8, 4) is 11.5 Å². The monoisotopic (exact) mass is 607 g/mol. The molecule has 3 aromatic rings. The molecule has 0 aliphatic rings. The Morgan fingerprint density at radius 1 is 0.659 bits per heavy atom. The van der Waals surface area contributed by atoms with Gasteiger partial charge >= 0.3 is 11.9 Å². The third-order valence-corrected chi connectivity index (χ3v) is 6.70. The molecule has 0 aliphatic heterocycles. The number of ether oxygens (including phenoxy) is 3. The van der Waals surface area contributed by atoms with E-state index >= 15 is 0 Å². The molecule has 3 rings (SSSR count). The fourth-order valence-electron chi connectivity index (χ4n) is 4.24. The highest BCUT2D eigenvalue weighted by Gasteiger charge is 2.23. The number of esters is 2. The first kappa shape index (κ1) is 38.2. The minimum atomic E-state index is -0.386. The summed E-state index contributed by atoms with van der Waals surface area (Å²) in [6.07, 6.45) is 6.23. The van der Waals surface area contributed by atoms with Gasteiger partial charge < -0.3 is 19.1 Å². The van der Waals surface area contributed by atoms with Crippen molar-refractivity contribution < 1.29 is 23.8 Å². The van der Waals surface area contributed by atoms with Crippen molar-refractivity contribution in [3.63, 3.8) is 0 Å². The van der Waals surface area contributed by atoms with Crippen LogP contribution in [0.4, 0.5) is 11.4 Å². The third kappa shape index (κ3) is 14.6. The number of carbonyl (C=O) groups excluding carboxylic acids is 2. The fourth-order valence-corrected chi connectivity index (χ4v) is 4.24. The molecule has 0 saturated carbocycles. The summed E-state index contributed by atoms with van der Waals surface area (Å²) in [5.41, 5.74) is 2.62. The molecular formula is C37H55N2O5+. The highest BCUT2D eigenvalue weighted by Crippen LogP contribution is 2.21. The molecule has 0 aromatic heterocycles. The van der Waals surface area contributed by atoms with Crippen molar-refractivity contribution >= 4 is 23.3 Å². The highest BCUT2D eigenvalue weighted by molar-refractivity contribution is 5.91. The van der Waals surface area contributed by atoms with E-state index < -0.39 is 0 Å². The van der Waals surface area contributed by atoms with Gasteiger partial charge in [-0.15, -0.1) is 0 Å². The third-order valence-electron chi connectivity index (χ3n) is 6.70. The highest BCUT2D eigenvalue weighted by atomic mass is 16.5. The number of nitrogens with zero attached hydrogens (tertiary/aromatic N) is 2. The van der Waals surface area contributed by atoms with E-state index in [0.29, 0.717) is 35.6 Å². The zero-order valence-electron chi connectivity index (χ0n) is 28.3. The SMILES string of the molecule is CC.CC.CN(C)c1ccc(C(=O)Oc2ccc(OCCCCCCCCOC(=O)C[N+](C)(C)c3ccccc3)cc2)cc1. The van der Waals surface area contributed by atoms with Gasteiger partial charge in [-0.2, -0.15) is 0 Å². The molecule has 0 unspecified atom stereocenters. The standard InChI is InChI=1S/C33H43N2O5.2C2H6/c1-34(2)28-18-16-27(17-19-28)33(37)40-31-22-20-30(21-23-31)38-24-12-7-5-6-8-13-25-39-32(36)26-35(3,4)29-14-10-9-11-15-29;2*1-2/h9-11,14-23H,5-8,12-13,24-26H2,1-4H3;2*1-2H3/q+1;;. The lowest BCUT2D eigenvalue weighted by molar-refractivity contribution is -0.144. The van der Waals surface area contributed by atoms with Gasteiger partial charge in [0, 0.05) is 19.8 Å². The van der Waals surface area contributed by atoms with E-state index in [1.54, 1.807) is 24.3 Å². The van der Waals surface area contributed by atoms with Gasteiger partial charge in [0.05, 0.1) is 32.9 Å².